The SMILES string of the molecule is CCOc1ccc(C(C)=O)c(CC)c1C#N. The van der Waals surface area contributed by atoms with Crippen LogP contribution in [0.1, 0.15) is 42.3 Å². The summed E-state index contributed by atoms with van der Waals surface area (Å²) in [6.07, 6.45) is 0.652. The second kappa shape index (κ2) is 5.32. The van der Waals surface area contributed by atoms with Crippen LogP contribution in [0.4, 0.5) is 0 Å². The number of nitriles is 1. The first-order valence-electron chi connectivity index (χ1n) is 5.35. The smallest absolute Gasteiger partial charge is 0.160 e. The fourth-order valence-corrected chi connectivity index (χ4v) is 1.72. The number of benzene rings is 1. The Balaban J connectivity index is 3.41. The maximum atomic E-state index is 11.4. The summed E-state index contributed by atoms with van der Waals surface area (Å²) in [5, 5.41) is 9.12. The lowest BCUT2D eigenvalue weighted by Crippen LogP contribution is -2.04. The molecule has 3 nitrogen and oxygen atoms in total. The molecule has 0 aromatic heterocycles. The third kappa shape index (κ3) is 2.22. The van der Waals surface area contributed by atoms with Crippen molar-refractivity contribution in [2.24, 2.45) is 0 Å². The summed E-state index contributed by atoms with van der Waals surface area (Å²) < 4.78 is 5.37. The van der Waals surface area contributed by atoms with Gasteiger partial charge in [0.2, 0.25) is 0 Å². The van der Waals surface area contributed by atoms with Gasteiger partial charge in [0.05, 0.1) is 12.2 Å². The molecule has 1 rings (SSSR count). The lowest BCUT2D eigenvalue weighted by Gasteiger charge is -2.11. The van der Waals surface area contributed by atoms with Gasteiger partial charge in [-0.3, -0.25) is 4.79 Å². The van der Waals surface area contributed by atoms with Gasteiger partial charge >= 0.3 is 0 Å². The van der Waals surface area contributed by atoms with Crippen molar-refractivity contribution in [3.05, 3.63) is 28.8 Å². The Morgan fingerprint density at radius 3 is 2.56 bits per heavy atom. The number of ketones is 1. The van der Waals surface area contributed by atoms with Crippen LogP contribution in [0.15, 0.2) is 12.1 Å². The predicted molar refractivity (Wildman–Crippen MR) is 61.7 cm³/mol. The summed E-state index contributed by atoms with van der Waals surface area (Å²) in [7, 11) is 0. The van der Waals surface area contributed by atoms with Crippen LogP contribution >= 0.6 is 0 Å². The first-order chi connectivity index (χ1) is 7.65. The molecule has 0 unspecified atom stereocenters. The molecule has 0 heterocycles. The third-order valence-corrected chi connectivity index (χ3v) is 2.42. The Morgan fingerprint density at radius 1 is 1.44 bits per heavy atom. The van der Waals surface area contributed by atoms with E-state index >= 15 is 0 Å². The van der Waals surface area contributed by atoms with Gasteiger partial charge in [0.25, 0.3) is 0 Å². The summed E-state index contributed by atoms with van der Waals surface area (Å²) >= 11 is 0. The van der Waals surface area contributed by atoms with E-state index in [0.29, 0.717) is 29.9 Å². The Kier molecular flexibility index (Phi) is 4.07. The summed E-state index contributed by atoms with van der Waals surface area (Å²) in [5.74, 6) is 0.545. The molecule has 0 N–H and O–H groups in total. The van der Waals surface area contributed by atoms with Crippen molar-refractivity contribution >= 4 is 5.78 Å². The largest absolute Gasteiger partial charge is 0.492 e. The quantitative estimate of drug-likeness (QED) is 0.728. The van der Waals surface area contributed by atoms with Crippen LogP contribution < -0.4 is 4.74 Å². The molecular formula is C13H15NO2. The monoisotopic (exact) mass is 217 g/mol. The van der Waals surface area contributed by atoms with Crippen LogP contribution in [0.3, 0.4) is 0 Å². The van der Waals surface area contributed by atoms with Gasteiger partial charge in [-0.1, -0.05) is 6.92 Å². The van der Waals surface area contributed by atoms with Crippen LogP contribution in [0, 0.1) is 11.3 Å². The van der Waals surface area contributed by atoms with E-state index in [4.69, 9.17) is 10.00 Å². The number of ether oxygens (including phenoxy) is 1. The molecule has 0 saturated heterocycles. The van der Waals surface area contributed by atoms with E-state index in [1.165, 1.54) is 6.92 Å². The Morgan fingerprint density at radius 2 is 2.12 bits per heavy atom. The van der Waals surface area contributed by atoms with Crippen molar-refractivity contribution in [2.45, 2.75) is 27.2 Å². The van der Waals surface area contributed by atoms with Gasteiger partial charge in [-0.05, 0) is 38.0 Å². The van der Waals surface area contributed by atoms with E-state index in [1.54, 1.807) is 12.1 Å². The van der Waals surface area contributed by atoms with Crippen molar-refractivity contribution in [3.8, 4) is 11.8 Å². The Hall–Kier alpha value is -1.82. The number of nitrogens with zero attached hydrogens (tertiary/aromatic N) is 1. The number of hydrogen-bond donors (Lipinski definition) is 0. The Labute approximate surface area is 95.7 Å². The average molecular weight is 217 g/mol. The summed E-state index contributed by atoms with van der Waals surface area (Å²) in [6, 6.07) is 5.54. The molecule has 0 bridgehead atoms. The minimum absolute atomic E-state index is 0.0172. The first-order valence-corrected chi connectivity index (χ1v) is 5.35. The maximum Gasteiger partial charge on any atom is 0.160 e. The second-order valence-corrected chi connectivity index (χ2v) is 3.42. The van der Waals surface area contributed by atoms with Crippen molar-refractivity contribution in [1.29, 1.82) is 5.26 Å². The summed E-state index contributed by atoms with van der Waals surface area (Å²) in [4.78, 5) is 11.4. The van der Waals surface area contributed by atoms with Crippen molar-refractivity contribution in [1.82, 2.24) is 0 Å². The fraction of sp³-hybridized carbons (Fsp3) is 0.385. The Bertz CT molecular complexity index is 444. The second-order valence-electron chi connectivity index (χ2n) is 3.42. The van der Waals surface area contributed by atoms with Gasteiger partial charge in [0.15, 0.2) is 5.78 Å². The maximum absolute atomic E-state index is 11.4. The van der Waals surface area contributed by atoms with Gasteiger partial charge in [-0.15, -0.1) is 0 Å². The molecule has 0 radical (unpaired) electrons. The molecule has 1 aromatic rings. The third-order valence-electron chi connectivity index (χ3n) is 2.42. The zero-order chi connectivity index (χ0) is 12.1. The lowest BCUT2D eigenvalue weighted by atomic mass is 9.96. The van der Waals surface area contributed by atoms with Crippen LogP contribution in [-0.4, -0.2) is 12.4 Å². The molecule has 0 spiro atoms. The number of rotatable bonds is 4. The molecule has 0 aliphatic rings. The highest BCUT2D eigenvalue weighted by Gasteiger charge is 2.14. The standard InChI is InChI=1S/C13H15NO2/c1-4-10-11(9(3)15)6-7-13(16-5-2)12(10)8-14/h6-7H,4-5H2,1-3H3. The van der Waals surface area contributed by atoms with Crippen LogP contribution in [0.25, 0.3) is 0 Å². The van der Waals surface area contributed by atoms with E-state index in [1.807, 2.05) is 13.8 Å². The van der Waals surface area contributed by atoms with Crippen LogP contribution in [-0.2, 0) is 6.42 Å². The molecule has 3 heteroatoms. The van der Waals surface area contributed by atoms with Crippen LogP contribution in [0.2, 0.25) is 0 Å². The predicted octanol–water partition coefficient (Wildman–Crippen LogP) is 2.72. The minimum Gasteiger partial charge on any atom is -0.492 e. The topological polar surface area (TPSA) is 50.1 Å². The van der Waals surface area contributed by atoms with Gasteiger partial charge in [0, 0.05) is 5.56 Å². The van der Waals surface area contributed by atoms with Gasteiger partial charge < -0.3 is 4.74 Å². The molecule has 84 valence electrons. The molecule has 0 aliphatic heterocycles. The molecule has 0 saturated carbocycles. The van der Waals surface area contributed by atoms with E-state index < -0.39 is 0 Å². The van der Waals surface area contributed by atoms with Crippen LogP contribution in [0.5, 0.6) is 5.75 Å². The van der Waals surface area contributed by atoms with Crippen molar-refractivity contribution < 1.29 is 9.53 Å². The zero-order valence-corrected chi connectivity index (χ0v) is 9.83. The molecule has 1 aromatic carbocycles. The normalized spacial score (nSPS) is 9.62. The zero-order valence-electron chi connectivity index (χ0n) is 9.83. The van der Waals surface area contributed by atoms with Crippen molar-refractivity contribution in [2.75, 3.05) is 6.61 Å². The molecule has 0 fully saturated rings. The molecule has 16 heavy (non-hydrogen) atoms. The molecule has 0 amide bonds. The number of Topliss-reactive ketones (excluding diaryl/α,β-unsaturated/α-hetero) is 1. The average Bonchev–Trinajstić information content (AvgIpc) is 2.28. The van der Waals surface area contributed by atoms with Gasteiger partial charge in [-0.25, -0.2) is 0 Å². The number of hydrogen-bond acceptors (Lipinski definition) is 3. The van der Waals surface area contributed by atoms with Gasteiger partial charge in [0.1, 0.15) is 11.8 Å². The molecular weight excluding hydrogens is 202 g/mol. The summed E-state index contributed by atoms with van der Waals surface area (Å²) in [5.41, 5.74) is 1.88. The highest BCUT2D eigenvalue weighted by Crippen LogP contribution is 2.26. The van der Waals surface area contributed by atoms with E-state index in [0.717, 1.165) is 5.56 Å². The lowest BCUT2D eigenvalue weighted by molar-refractivity contribution is 0.101. The first kappa shape index (κ1) is 12.3. The summed E-state index contributed by atoms with van der Waals surface area (Å²) in [6.45, 7) is 5.82. The molecule has 0 aliphatic carbocycles. The fourth-order valence-electron chi connectivity index (χ4n) is 1.72. The highest BCUT2D eigenvalue weighted by molar-refractivity contribution is 5.96. The van der Waals surface area contributed by atoms with Crippen molar-refractivity contribution in [3.63, 3.8) is 0 Å². The number of carbonyl (C=O) groups is 1. The minimum atomic E-state index is -0.0172. The molecule has 0 atom stereocenters. The number of carbonyl (C=O) groups excluding carboxylic acids is 1. The van der Waals surface area contributed by atoms with E-state index in [9.17, 15) is 4.79 Å². The van der Waals surface area contributed by atoms with E-state index in [2.05, 4.69) is 6.07 Å². The highest BCUT2D eigenvalue weighted by atomic mass is 16.5. The van der Waals surface area contributed by atoms with E-state index in [-0.39, 0.29) is 5.78 Å². The van der Waals surface area contributed by atoms with Gasteiger partial charge in [-0.2, -0.15) is 5.26 Å².